The molecule has 1 aliphatic carbocycles. The van der Waals surface area contributed by atoms with E-state index >= 15 is 0 Å². The first-order chi connectivity index (χ1) is 12.4. The molecule has 1 aromatic rings. The lowest BCUT2D eigenvalue weighted by Gasteiger charge is -2.31. The summed E-state index contributed by atoms with van der Waals surface area (Å²) in [4.78, 5) is 25.8. The van der Waals surface area contributed by atoms with E-state index in [1.165, 1.54) is 6.07 Å². The van der Waals surface area contributed by atoms with Gasteiger partial charge in [0.25, 0.3) is 0 Å². The molecule has 2 atom stereocenters. The number of benzene rings is 1. The second kappa shape index (κ2) is 7.82. The Hall–Kier alpha value is -1.82. The highest BCUT2D eigenvalue weighted by atomic mass is 35.5. The number of carbonyl (C=O) groups is 2. The molecule has 0 unspecified atom stereocenters. The van der Waals surface area contributed by atoms with Crippen LogP contribution in [0.15, 0.2) is 18.2 Å². The second-order valence-corrected chi connectivity index (χ2v) is 7.55. The van der Waals surface area contributed by atoms with Crippen molar-refractivity contribution in [2.75, 3.05) is 13.1 Å². The Kier molecular flexibility index (Phi) is 5.70. The summed E-state index contributed by atoms with van der Waals surface area (Å²) >= 11 is 6.07. The minimum absolute atomic E-state index is 0.157. The SMILES string of the molecule is CC(C)OC(=O)N1CCC(OC(=O)[C@H]2C[C@@H]2c2c(F)cccc2Cl)CC1. The summed E-state index contributed by atoms with van der Waals surface area (Å²) in [6.07, 6.45) is 1.01. The number of rotatable bonds is 4. The summed E-state index contributed by atoms with van der Waals surface area (Å²) in [5, 5.41) is 0.349. The Morgan fingerprint density at radius 3 is 2.58 bits per heavy atom. The van der Waals surface area contributed by atoms with Crippen LogP contribution in [0.2, 0.25) is 5.02 Å². The number of amides is 1. The first-order valence-electron chi connectivity index (χ1n) is 8.96. The molecule has 0 radical (unpaired) electrons. The summed E-state index contributed by atoms with van der Waals surface area (Å²) in [6.45, 7) is 4.61. The van der Waals surface area contributed by atoms with Gasteiger partial charge in [0.05, 0.1) is 12.0 Å². The van der Waals surface area contributed by atoms with Crippen LogP contribution in [0.25, 0.3) is 0 Å². The lowest BCUT2D eigenvalue weighted by atomic mass is 10.1. The quantitative estimate of drug-likeness (QED) is 0.733. The molecule has 0 N–H and O–H groups in total. The summed E-state index contributed by atoms with van der Waals surface area (Å²) in [7, 11) is 0. The first-order valence-corrected chi connectivity index (χ1v) is 9.34. The Morgan fingerprint density at radius 2 is 1.96 bits per heavy atom. The van der Waals surface area contributed by atoms with Gasteiger partial charge in [-0.2, -0.15) is 0 Å². The van der Waals surface area contributed by atoms with Gasteiger partial charge in [-0.1, -0.05) is 17.7 Å². The smallest absolute Gasteiger partial charge is 0.410 e. The Balaban J connectivity index is 1.48. The average molecular weight is 384 g/mol. The van der Waals surface area contributed by atoms with Gasteiger partial charge in [-0.3, -0.25) is 4.79 Å². The van der Waals surface area contributed by atoms with E-state index in [0.717, 1.165) is 0 Å². The third-order valence-corrected chi connectivity index (χ3v) is 5.11. The zero-order chi connectivity index (χ0) is 18.8. The molecule has 0 spiro atoms. The molecule has 5 nitrogen and oxygen atoms in total. The fourth-order valence-electron chi connectivity index (χ4n) is 3.32. The van der Waals surface area contributed by atoms with Crippen LogP contribution in [0.3, 0.4) is 0 Å². The summed E-state index contributed by atoms with van der Waals surface area (Å²) < 4.78 is 24.7. The van der Waals surface area contributed by atoms with Gasteiger partial charge in [0.1, 0.15) is 11.9 Å². The highest BCUT2D eigenvalue weighted by Crippen LogP contribution is 2.51. The maximum Gasteiger partial charge on any atom is 0.410 e. The molecule has 1 heterocycles. The number of esters is 1. The van der Waals surface area contributed by atoms with E-state index in [1.807, 2.05) is 0 Å². The third kappa shape index (κ3) is 4.29. The van der Waals surface area contributed by atoms with E-state index in [9.17, 15) is 14.0 Å². The Bertz CT molecular complexity index is 668. The van der Waals surface area contributed by atoms with E-state index in [4.69, 9.17) is 21.1 Å². The van der Waals surface area contributed by atoms with Crippen molar-refractivity contribution in [3.05, 3.63) is 34.6 Å². The topological polar surface area (TPSA) is 55.8 Å². The van der Waals surface area contributed by atoms with Crippen LogP contribution in [0, 0.1) is 11.7 Å². The fraction of sp³-hybridized carbons (Fsp3) is 0.579. The minimum Gasteiger partial charge on any atom is -0.462 e. The van der Waals surface area contributed by atoms with Crippen molar-refractivity contribution in [3.63, 3.8) is 0 Å². The first kappa shape index (κ1) is 19.0. The van der Waals surface area contributed by atoms with E-state index in [-0.39, 0.29) is 41.9 Å². The third-order valence-electron chi connectivity index (χ3n) is 4.78. The van der Waals surface area contributed by atoms with Gasteiger partial charge >= 0.3 is 12.1 Å². The number of nitrogens with zero attached hydrogens (tertiary/aromatic N) is 1. The lowest BCUT2D eigenvalue weighted by Crippen LogP contribution is -2.42. The number of hydrogen-bond acceptors (Lipinski definition) is 4. The molecule has 1 aromatic carbocycles. The van der Waals surface area contributed by atoms with E-state index in [2.05, 4.69) is 0 Å². The number of ether oxygens (including phenoxy) is 2. The standard InChI is InChI=1S/C19H23ClFNO4/c1-11(2)25-19(24)22-8-6-12(7-9-22)26-18(23)14-10-13(14)17-15(20)4-3-5-16(17)21/h3-5,11-14H,6-10H2,1-2H3/t13-,14-/m0/s1. The highest BCUT2D eigenvalue weighted by Gasteiger charge is 2.48. The van der Waals surface area contributed by atoms with Gasteiger partial charge in [-0.25, -0.2) is 9.18 Å². The predicted molar refractivity (Wildman–Crippen MR) is 94.6 cm³/mol. The molecule has 142 valence electrons. The predicted octanol–water partition coefficient (Wildman–Crippen LogP) is 4.14. The number of carbonyl (C=O) groups excluding carboxylic acids is 2. The molecule has 0 bridgehead atoms. The van der Waals surface area contributed by atoms with Crippen LogP contribution in [0.4, 0.5) is 9.18 Å². The number of piperidine rings is 1. The number of hydrogen-bond donors (Lipinski definition) is 0. The van der Waals surface area contributed by atoms with Crippen molar-refractivity contribution in [1.82, 2.24) is 4.90 Å². The lowest BCUT2D eigenvalue weighted by molar-refractivity contribution is -0.152. The van der Waals surface area contributed by atoms with Crippen LogP contribution in [-0.4, -0.2) is 42.3 Å². The van der Waals surface area contributed by atoms with Crippen LogP contribution < -0.4 is 0 Å². The van der Waals surface area contributed by atoms with Crippen molar-refractivity contribution in [3.8, 4) is 0 Å². The molecule has 1 aliphatic heterocycles. The van der Waals surface area contributed by atoms with Gasteiger partial charge in [-0.05, 0) is 32.4 Å². The van der Waals surface area contributed by atoms with E-state index in [0.29, 0.717) is 42.9 Å². The summed E-state index contributed by atoms with van der Waals surface area (Å²) in [5.41, 5.74) is 0.405. The van der Waals surface area contributed by atoms with Crippen molar-refractivity contribution in [1.29, 1.82) is 0 Å². The largest absolute Gasteiger partial charge is 0.462 e. The Morgan fingerprint density at radius 1 is 1.27 bits per heavy atom. The van der Waals surface area contributed by atoms with Crippen molar-refractivity contribution >= 4 is 23.7 Å². The molecule has 2 fully saturated rings. The van der Waals surface area contributed by atoms with Gasteiger partial charge in [0.15, 0.2) is 0 Å². The van der Waals surface area contributed by atoms with Gasteiger partial charge in [0, 0.05) is 42.4 Å². The van der Waals surface area contributed by atoms with Crippen LogP contribution in [0.5, 0.6) is 0 Å². The maximum atomic E-state index is 14.0. The minimum atomic E-state index is -0.380. The molecule has 7 heteroatoms. The Labute approximate surface area is 157 Å². The molecule has 26 heavy (non-hydrogen) atoms. The van der Waals surface area contributed by atoms with Crippen molar-refractivity contribution in [2.45, 2.75) is 51.2 Å². The normalized spacial score (nSPS) is 23.0. The molecule has 1 amide bonds. The highest BCUT2D eigenvalue weighted by molar-refractivity contribution is 6.31. The fourth-order valence-corrected chi connectivity index (χ4v) is 3.63. The number of likely N-dealkylation sites (tertiary alicyclic amines) is 1. The molecule has 1 saturated carbocycles. The average Bonchev–Trinajstić information content (AvgIpc) is 3.35. The van der Waals surface area contributed by atoms with Crippen LogP contribution in [-0.2, 0) is 14.3 Å². The van der Waals surface area contributed by atoms with E-state index < -0.39 is 0 Å². The van der Waals surface area contributed by atoms with E-state index in [1.54, 1.807) is 30.9 Å². The van der Waals surface area contributed by atoms with Gasteiger partial charge < -0.3 is 14.4 Å². The maximum absolute atomic E-state index is 14.0. The van der Waals surface area contributed by atoms with Crippen molar-refractivity contribution < 1.29 is 23.5 Å². The monoisotopic (exact) mass is 383 g/mol. The molecule has 0 aromatic heterocycles. The molecule has 1 saturated heterocycles. The molecule has 2 aliphatic rings. The van der Waals surface area contributed by atoms with Gasteiger partial charge in [0.2, 0.25) is 0 Å². The zero-order valence-corrected chi connectivity index (χ0v) is 15.7. The van der Waals surface area contributed by atoms with Crippen LogP contribution in [0.1, 0.15) is 44.6 Å². The molecular weight excluding hydrogens is 361 g/mol. The molecule has 3 rings (SSSR count). The van der Waals surface area contributed by atoms with Crippen LogP contribution >= 0.6 is 11.6 Å². The second-order valence-electron chi connectivity index (χ2n) is 7.14. The number of halogens is 2. The summed E-state index contributed by atoms with van der Waals surface area (Å²) in [6, 6.07) is 4.54. The van der Waals surface area contributed by atoms with Gasteiger partial charge in [-0.15, -0.1) is 0 Å². The summed E-state index contributed by atoms with van der Waals surface area (Å²) in [5.74, 6) is -1.24. The van der Waals surface area contributed by atoms with Crippen molar-refractivity contribution in [2.24, 2.45) is 5.92 Å². The zero-order valence-electron chi connectivity index (χ0n) is 14.9. The molecular formula is C19H23ClFNO4.